The first-order valence-electron chi connectivity index (χ1n) is 6.62. The van der Waals surface area contributed by atoms with Gasteiger partial charge in [-0.3, -0.25) is 0 Å². The molecule has 19 heavy (non-hydrogen) atoms. The molecule has 0 amide bonds. The van der Waals surface area contributed by atoms with Crippen LogP contribution in [0, 0.1) is 0 Å². The molecular formula is C14H20N4O. The lowest BCUT2D eigenvalue weighted by atomic mass is 10.2. The molecule has 0 aliphatic heterocycles. The van der Waals surface area contributed by atoms with Gasteiger partial charge in [0.05, 0.1) is 17.5 Å². The van der Waals surface area contributed by atoms with E-state index in [0.29, 0.717) is 5.82 Å². The Morgan fingerprint density at radius 3 is 2.84 bits per heavy atom. The van der Waals surface area contributed by atoms with Gasteiger partial charge in [0.1, 0.15) is 5.75 Å². The third-order valence-corrected chi connectivity index (χ3v) is 3.10. The first kappa shape index (κ1) is 13.4. The van der Waals surface area contributed by atoms with Crippen molar-refractivity contribution in [3.63, 3.8) is 0 Å². The Hall–Kier alpha value is -2.04. The zero-order chi connectivity index (χ0) is 13.8. The molecule has 102 valence electrons. The normalized spacial score (nSPS) is 12.4. The van der Waals surface area contributed by atoms with Gasteiger partial charge in [-0.05, 0) is 31.9 Å². The summed E-state index contributed by atoms with van der Waals surface area (Å²) in [6.45, 7) is 6.19. The van der Waals surface area contributed by atoms with Gasteiger partial charge in [-0.2, -0.15) is 0 Å². The summed E-state index contributed by atoms with van der Waals surface area (Å²) in [5, 5.41) is 8.00. The Bertz CT molecular complexity index is 550. The van der Waals surface area contributed by atoms with Crippen molar-refractivity contribution in [3.05, 3.63) is 30.0 Å². The minimum Gasteiger partial charge on any atom is -0.491 e. The molecule has 0 aliphatic carbocycles. The van der Waals surface area contributed by atoms with Crippen LogP contribution in [-0.2, 0) is 6.42 Å². The minimum absolute atomic E-state index is 0.196. The van der Waals surface area contributed by atoms with Gasteiger partial charge in [0.15, 0.2) is 5.82 Å². The van der Waals surface area contributed by atoms with E-state index in [4.69, 9.17) is 10.5 Å². The lowest BCUT2D eigenvalue weighted by molar-refractivity contribution is 0.217. The fraction of sp³-hybridized carbons (Fsp3) is 0.429. The number of nitrogen functional groups attached to an aromatic ring is 1. The topological polar surface area (TPSA) is 66.0 Å². The lowest BCUT2D eigenvalue weighted by Gasteiger charge is -2.13. The predicted octanol–water partition coefficient (Wildman–Crippen LogP) is 2.59. The average molecular weight is 260 g/mol. The standard InChI is InChI=1S/C14H20N4O/c1-4-10(3)19-12-8-6-7-11(9-12)18-13(5-2)14(15)16-17-18/h6-10H,4-5,15H2,1-3H3. The fourth-order valence-electron chi connectivity index (χ4n) is 1.86. The second kappa shape index (κ2) is 5.73. The van der Waals surface area contributed by atoms with Gasteiger partial charge in [0.25, 0.3) is 0 Å². The molecule has 2 N–H and O–H groups in total. The molecule has 5 heteroatoms. The third-order valence-electron chi connectivity index (χ3n) is 3.10. The smallest absolute Gasteiger partial charge is 0.169 e. The van der Waals surface area contributed by atoms with E-state index in [1.807, 2.05) is 31.2 Å². The molecule has 1 heterocycles. The summed E-state index contributed by atoms with van der Waals surface area (Å²) >= 11 is 0. The molecule has 0 saturated carbocycles. The highest BCUT2D eigenvalue weighted by Gasteiger charge is 2.10. The molecule has 1 atom stereocenters. The lowest BCUT2D eigenvalue weighted by Crippen LogP contribution is -2.10. The third kappa shape index (κ3) is 2.86. The number of anilines is 1. The van der Waals surface area contributed by atoms with Crippen LogP contribution in [-0.4, -0.2) is 21.1 Å². The largest absolute Gasteiger partial charge is 0.491 e. The van der Waals surface area contributed by atoms with Crippen LogP contribution in [0.1, 0.15) is 32.9 Å². The number of ether oxygens (including phenoxy) is 1. The highest BCUT2D eigenvalue weighted by atomic mass is 16.5. The number of rotatable bonds is 5. The monoisotopic (exact) mass is 260 g/mol. The summed E-state index contributed by atoms with van der Waals surface area (Å²) in [5.41, 5.74) is 7.64. The molecule has 2 rings (SSSR count). The van der Waals surface area contributed by atoms with Crippen LogP contribution in [0.3, 0.4) is 0 Å². The van der Waals surface area contributed by atoms with Crippen molar-refractivity contribution in [1.29, 1.82) is 0 Å². The maximum Gasteiger partial charge on any atom is 0.169 e. The van der Waals surface area contributed by atoms with Crippen molar-refractivity contribution >= 4 is 5.82 Å². The Morgan fingerprint density at radius 2 is 2.16 bits per heavy atom. The zero-order valence-electron chi connectivity index (χ0n) is 11.6. The molecule has 1 aromatic carbocycles. The van der Waals surface area contributed by atoms with Crippen LogP contribution in [0.25, 0.3) is 5.69 Å². The summed E-state index contributed by atoms with van der Waals surface area (Å²) in [5.74, 6) is 1.32. The Labute approximate surface area is 113 Å². The second-order valence-corrected chi connectivity index (χ2v) is 4.52. The molecule has 0 radical (unpaired) electrons. The van der Waals surface area contributed by atoms with Crippen LogP contribution in [0.4, 0.5) is 5.82 Å². The molecule has 5 nitrogen and oxygen atoms in total. The van der Waals surface area contributed by atoms with Crippen molar-refractivity contribution in [2.45, 2.75) is 39.7 Å². The second-order valence-electron chi connectivity index (χ2n) is 4.52. The molecule has 0 spiro atoms. The van der Waals surface area contributed by atoms with E-state index < -0.39 is 0 Å². The minimum atomic E-state index is 0.196. The van der Waals surface area contributed by atoms with E-state index in [-0.39, 0.29) is 6.10 Å². The number of benzene rings is 1. The molecule has 0 aliphatic rings. The number of nitrogens with two attached hydrogens (primary N) is 1. The van der Waals surface area contributed by atoms with Gasteiger partial charge in [-0.1, -0.05) is 25.1 Å². The van der Waals surface area contributed by atoms with E-state index >= 15 is 0 Å². The van der Waals surface area contributed by atoms with Crippen molar-refractivity contribution < 1.29 is 4.74 Å². The molecule has 0 saturated heterocycles. The SMILES string of the molecule is CCc1c(N)nnn1-c1cccc(OC(C)CC)c1. The van der Waals surface area contributed by atoms with E-state index in [9.17, 15) is 0 Å². The number of aromatic nitrogens is 3. The van der Waals surface area contributed by atoms with Gasteiger partial charge in [0.2, 0.25) is 0 Å². The number of hydrogen-bond donors (Lipinski definition) is 1. The summed E-state index contributed by atoms with van der Waals surface area (Å²) in [6.07, 6.45) is 1.96. The molecule has 0 bridgehead atoms. The van der Waals surface area contributed by atoms with Crippen LogP contribution in [0.2, 0.25) is 0 Å². The first-order valence-corrected chi connectivity index (χ1v) is 6.62. The highest BCUT2D eigenvalue weighted by Crippen LogP contribution is 2.21. The van der Waals surface area contributed by atoms with Crippen molar-refractivity contribution in [2.24, 2.45) is 0 Å². The first-order chi connectivity index (χ1) is 9.15. The van der Waals surface area contributed by atoms with Crippen molar-refractivity contribution in [2.75, 3.05) is 5.73 Å². The summed E-state index contributed by atoms with van der Waals surface area (Å²) in [4.78, 5) is 0. The van der Waals surface area contributed by atoms with Crippen molar-refractivity contribution in [3.8, 4) is 11.4 Å². The van der Waals surface area contributed by atoms with Crippen LogP contribution < -0.4 is 10.5 Å². The Balaban J connectivity index is 2.32. The van der Waals surface area contributed by atoms with E-state index in [1.165, 1.54) is 0 Å². The number of nitrogens with zero attached hydrogens (tertiary/aromatic N) is 3. The average Bonchev–Trinajstić information content (AvgIpc) is 2.80. The van der Waals surface area contributed by atoms with Crippen molar-refractivity contribution in [1.82, 2.24) is 15.0 Å². The van der Waals surface area contributed by atoms with E-state index in [2.05, 4.69) is 24.2 Å². The quantitative estimate of drug-likeness (QED) is 0.897. The molecule has 1 aromatic heterocycles. The van der Waals surface area contributed by atoms with Gasteiger partial charge in [-0.25, -0.2) is 4.68 Å². The van der Waals surface area contributed by atoms with Gasteiger partial charge >= 0.3 is 0 Å². The highest BCUT2D eigenvalue weighted by molar-refractivity contribution is 5.44. The maximum atomic E-state index is 5.81. The summed E-state index contributed by atoms with van der Waals surface area (Å²) in [6, 6.07) is 7.82. The Kier molecular flexibility index (Phi) is 4.04. The predicted molar refractivity (Wildman–Crippen MR) is 75.5 cm³/mol. The van der Waals surface area contributed by atoms with Gasteiger partial charge < -0.3 is 10.5 Å². The van der Waals surface area contributed by atoms with Gasteiger partial charge in [0, 0.05) is 6.07 Å². The van der Waals surface area contributed by atoms with Crippen LogP contribution >= 0.6 is 0 Å². The number of hydrogen-bond acceptors (Lipinski definition) is 4. The Morgan fingerprint density at radius 1 is 1.37 bits per heavy atom. The molecular weight excluding hydrogens is 240 g/mol. The maximum absolute atomic E-state index is 5.81. The van der Waals surface area contributed by atoms with Gasteiger partial charge in [-0.15, -0.1) is 5.10 Å². The molecule has 2 aromatic rings. The molecule has 0 fully saturated rings. The van der Waals surface area contributed by atoms with E-state index in [1.54, 1.807) is 4.68 Å². The summed E-state index contributed by atoms with van der Waals surface area (Å²) < 4.78 is 7.58. The zero-order valence-corrected chi connectivity index (χ0v) is 11.6. The van der Waals surface area contributed by atoms with Crippen LogP contribution in [0.5, 0.6) is 5.75 Å². The van der Waals surface area contributed by atoms with E-state index in [0.717, 1.165) is 30.0 Å². The fourth-order valence-corrected chi connectivity index (χ4v) is 1.86. The summed E-state index contributed by atoms with van der Waals surface area (Å²) in [7, 11) is 0. The molecule has 1 unspecified atom stereocenters. The van der Waals surface area contributed by atoms with Crippen LogP contribution in [0.15, 0.2) is 24.3 Å².